The first-order valence-corrected chi connectivity index (χ1v) is 6.04. The van der Waals surface area contributed by atoms with Gasteiger partial charge in [-0.05, 0) is 6.07 Å². The normalized spacial score (nSPS) is 10.6. The summed E-state index contributed by atoms with van der Waals surface area (Å²) in [5.74, 6) is -2.70. The molecule has 0 amide bonds. The first kappa shape index (κ1) is 16.3. The second-order valence-corrected chi connectivity index (χ2v) is 3.95. The Hall–Kier alpha value is -1.73. The topological polar surface area (TPSA) is 70.8 Å². The summed E-state index contributed by atoms with van der Waals surface area (Å²) >= 11 is 0. The molecule has 0 heterocycles. The molecule has 0 aliphatic carbocycles. The lowest BCUT2D eigenvalue weighted by Crippen LogP contribution is -2.12. The number of carbonyl (C=O) groups is 1. The molecule has 0 fully saturated rings. The highest BCUT2D eigenvalue weighted by atomic mass is 19.1. The van der Waals surface area contributed by atoms with Gasteiger partial charge in [0.05, 0.1) is 31.1 Å². The molecule has 7 heteroatoms. The molecule has 0 aliphatic heterocycles. The van der Waals surface area contributed by atoms with Crippen molar-refractivity contribution in [2.45, 2.75) is 6.42 Å². The minimum absolute atomic E-state index is 0.0528. The number of halogens is 2. The fourth-order valence-corrected chi connectivity index (χ4v) is 1.37. The molecular weight excluding hydrogens is 272 g/mol. The predicted octanol–water partition coefficient (Wildman–Crippen LogP) is 1.76. The van der Waals surface area contributed by atoms with Crippen LogP contribution < -0.4 is 5.73 Å². The third kappa shape index (κ3) is 5.10. The molecule has 0 saturated carbocycles. The summed E-state index contributed by atoms with van der Waals surface area (Å²) in [7, 11) is 1.56. The minimum Gasteiger partial charge on any atom is -0.462 e. The lowest BCUT2D eigenvalue weighted by molar-refractivity contribution is 0.0381. The predicted molar refractivity (Wildman–Crippen MR) is 68.4 cm³/mol. The van der Waals surface area contributed by atoms with Gasteiger partial charge in [-0.3, -0.25) is 0 Å². The third-order valence-electron chi connectivity index (χ3n) is 2.40. The number of carbonyl (C=O) groups excluding carboxylic acids is 1. The molecule has 5 nitrogen and oxygen atoms in total. The zero-order valence-electron chi connectivity index (χ0n) is 11.2. The van der Waals surface area contributed by atoms with E-state index in [2.05, 4.69) is 0 Å². The second-order valence-electron chi connectivity index (χ2n) is 3.95. The van der Waals surface area contributed by atoms with Crippen LogP contribution in [0.15, 0.2) is 12.1 Å². The van der Waals surface area contributed by atoms with Crippen LogP contribution in [-0.2, 0) is 14.2 Å². The number of ether oxygens (including phenoxy) is 3. The summed E-state index contributed by atoms with van der Waals surface area (Å²) in [6.07, 6.45) is 0.453. The lowest BCUT2D eigenvalue weighted by atomic mass is 10.2. The van der Waals surface area contributed by atoms with E-state index in [9.17, 15) is 13.6 Å². The molecule has 0 atom stereocenters. The molecule has 0 aromatic heterocycles. The lowest BCUT2D eigenvalue weighted by Gasteiger charge is -2.07. The summed E-state index contributed by atoms with van der Waals surface area (Å²) in [4.78, 5) is 11.5. The van der Waals surface area contributed by atoms with Crippen LogP contribution in [0.25, 0.3) is 0 Å². The maximum atomic E-state index is 13.4. The van der Waals surface area contributed by atoms with E-state index in [0.29, 0.717) is 26.2 Å². The van der Waals surface area contributed by atoms with Gasteiger partial charge < -0.3 is 19.9 Å². The quantitative estimate of drug-likeness (QED) is 0.448. The van der Waals surface area contributed by atoms with Crippen LogP contribution >= 0.6 is 0 Å². The van der Waals surface area contributed by atoms with E-state index in [1.54, 1.807) is 7.11 Å². The van der Waals surface area contributed by atoms with Crippen LogP contribution in [0.4, 0.5) is 14.5 Å². The Balaban J connectivity index is 2.34. The molecule has 0 radical (unpaired) electrons. The fraction of sp³-hybridized carbons (Fsp3) is 0.462. The SMILES string of the molecule is COCCOCCCOC(=O)c1cc(F)c(N)cc1F. The second kappa shape index (κ2) is 8.44. The maximum Gasteiger partial charge on any atom is 0.341 e. The highest BCUT2D eigenvalue weighted by molar-refractivity contribution is 5.90. The van der Waals surface area contributed by atoms with Crippen LogP contribution in [0.1, 0.15) is 16.8 Å². The van der Waals surface area contributed by atoms with Crippen molar-refractivity contribution in [3.63, 3.8) is 0 Å². The summed E-state index contributed by atoms with van der Waals surface area (Å²) in [6, 6.07) is 1.47. The van der Waals surface area contributed by atoms with Gasteiger partial charge in [-0.15, -0.1) is 0 Å². The van der Waals surface area contributed by atoms with Gasteiger partial charge in [-0.1, -0.05) is 0 Å². The standard InChI is InChI=1S/C13H17F2NO4/c1-18-5-6-19-3-2-4-20-13(17)9-7-11(15)12(16)8-10(9)14/h7-8H,2-6,16H2,1H3. The minimum atomic E-state index is -0.932. The van der Waals surface area contributed by atoms with Gasteiger partial charge in [0, 0.05) is 26.2 Å². The van der Waals surface area contributed by atoms with Crippen molar-refractivity contribution in [1.29, 1.82) is 0 Å². The molecule has 0 spiro atoms. The van der Waals surface area contributed by atoms with E-state index in [0.717, 1.165) is 12.1 Å². The highest BCUT2D eigenvalue weighted by Gasteiger charge is 2.16. The molecule has 1 rings (SSSR count). The fourth-order valence-electron chi connectivity index (χ4n) is 1.37. The summed E-state index contributed by atoms with van der Waals surface area (Å²) in [5, 5.41) is 0. The maximum absolute atomic E-state index is 13.4. The van der Waals surface area contributed by atoms with Crippen molar-refractivity contribution in [3.05, 3.63) is 29.3 Å². The molecular formula is C13H17F2NO4. The molecule has 0 aliphatic rings. The molecule has 112 valence electrons. The Bertz CT molecular complexity index is 454. The van der Waals surface area contributed by atoms with Crippen molar-refractivity contribution in [3.8, 4) is 0 Å². The van der Waals surface area contributed by atoms with Crippen molar-refractivity contribution < 1.29 is 27.8 Å². The van der Waals surface area contributed by atoms with Crippen molar-refractivity contribution in [2.24, 2.45) is 0 Å². The number of esters is 1. The van der Waals surface area contributed by atoms with Gasteiger partial charge in [-0.25, -0.2) is 13.6 Å². The van der Waals surface area contributed by atoms with E-state index in [1.165, 1.54) is 0 Å². The molecule has 2 N–H and O–H groups in total. The first-order chi connectivity index (χ1) is 9.56. The van der Waals surface area contributed by atoms with Gasteiger partial charge in [0.1, 0.15) is 11.6 Å². The third-order valence-corrected chi connectivity index (χ3v) is 2.40. The summed E-state index contributed by atoms with van der Waals surface area (Å²) in [6.45, 7) is 1.37. The van der Waals surface area contributed by atoms with Gasteiger partial charge in [-0.2, -0.15) is 0 Å². The Morgan fingerprint density at radius 1 is 1.15 bits per heavy atom. The van der Waals surface area contributed by atoms with E-state index < -0.39 is 23.2 Å². The van der Waals surface area contributed by atoms with Crippen LogP contribution in [0.3, 0.4) is 0 Å². The Morgan fingerprint density at radius 3 is 2.60 bits per heavy atom. The molecule has 0 bridgehead atoms. The Morgan fingerprint density at radius 2 is 1.90 bits per heavy atom. The first-order valence-electron chi connectivity index (χ1n) is 6.04. The van der Waals surface area contributed by atoms with Crippen LogP contribution in [0.5, 0.6) is 0 Å². The van der Waals surface area contributed by atoms with E-state index in [1.807, 2.05) is 0 Å². The van der Waals surface area contributed by atoms with Crippen LogP contribution in [0.2, 0.25) is 0 Å². The molecule has 0 saturated heterocycles. The Labute approximate surface area is 115 Å². The van der Waals surface area contributed by atoms with E-state index >= 15 is 0 Å². The number of anilines is 1. The number of nitrogen functional groups attached to an aromatic ring is 1. The van der Waals surface area contributed by atoms with Crippen molar-refractivity contribution in [2.75, 3.05) is 39.3 Å². The number of hydrogen-bond acceptors (Lipinski definition) is 5. The molecule has 1 aromatic carbocycles. The number of nitrogens with two attached hydrogens (primary N) is 1. The van der Waals surface area contributed by atoms with Crippen LogP contribution in [0, 0.1) is 11.6 Å². The van der Waals surface area contributed by atoms with Crippen LogP contribution in [-0.4, -0.2) is 39.5 Å². The number of rotatable bonds is 8. The highest BCUT2D eigenvalue weighted by Crippen LogP contribution is 2.17. The van der Waals surface area contributed by atoms with E-state index in [-0.39, 0.29) is 12.3 Å². The average Bonchev–Trinajstić information content (AvgIpc) is 2.41. The van der Waals surface area contributed by atoms with Gasteiger partial charge >= 0.3 is 5.97 Å². The van der Waals surface area contributed by atoms with Gasteiger partial charge in [0.15, 0.2) is 0 Å². The Kier molecular flexibility index (Phi) is 6.89. The monoisotopic (exact) mass is 289 g/mol. The number of hydrogen-bond donors (Lipinski definition) is 1. The summed E-state index contributed by atoms with van der Waals surface area (Å²) in [5.41, 5.74) is 4.34. The average molecular weight is 289 g/mol. The van der Waals surface area contributed by atoms with Gasteiger partial charge in [0.25, 0.3) is 0 Å². The molecule has 0 unspecified atom stereocenters. The summed E-state index contributed by atoms with van der Waals surface area (Å²) < 4.78 is 41.3. The largest absolute Gasteiger partial charge is 0.462 e. The number of benzene rings is 1. The molecule has 1 aromatic rings. The zero-order valence-corrected chi connectivity index (χ0v) is 11.2. The van der Waals surface area contributed by atoms with E-state index in [4.69, 9.17) is 19.9 Å². The van der Waals surface area contributed by atoms with Crippen molar-refractivity contribution >= 4 is 11.7 Å². The smallest absolute Gasteiger partial charge is 0.341 e. The van der Waals surface area contributed by atoms with Gasteiger partial charge in [0.2, 0.25) is 0 Å². The number of methoxy groups -OCH3 is 1. The zero-order chi connectivity index (χ0) is 15.0. The van der Waals surface area contributed by atoms with Crippen molar-refractivity contribution in [1.82, 2.24) is 0 Å². The molecule has 20 heavy (non-hydrogen) atoms.